The van der Waals surface area contributed by atoms with Gasteiger partial charge in [-0.2, -0.15) is 0 Å². The van der Waals surface area contributed by atoms with Crippen LogP contribution in [-0.4, -0.2) is 61.9 Å². The zero-order valence-corrected chi connectivity index (χ0v) is 18.0. The highest BCUT2D eigenvalue weighted by molar-refractivity contribution is 8.04. The van der Waals surface area contributed by atoms with Gasteiger partial charge in [-0.1, -0.05) is 35.5 Å². The third-order valence-electron chi connectivity index (χ3n) is 5.24. The predicted molar refractivity (Wildman–Crippen MR) is 119 cm³/mol. The standard InChI is InChI=1S/C22H22ClN3O2S/c1-24-8-10-26(11-9-24)21(27)16-6-7-19-18(14-16)25(2)22(28)20(29-19)13-15-4-3-5-17(23)12-15/h3-7,12-14H,8-11H2,1-2H3. The summed E-state index contributed by atoms with van der Waals surface area (Å²) in [5.74, 6) is -0.0707. The highest BCUT2D eigenvalue weighted by Gasteiger charge is 2.28. The zero-order valence-electron chi connectivity index (χ0n) is 16.4. The molecule has 4 rings (SSSR count). The summed E-state index contributed by atoms with van der Waals surface area (Å²) in [6.07, 6.45) is 1.85. The van der Waals surface area contributed by atoms with Gasteiger partial charge >= 0.3 is 0 Å². The highest BCUT2D eigenvalue weighted by Crippen LogP contribution is 2.42. The molecule has 0 unspecified atom stereocenters. The topological polar surface area (TPSA) is 43.9 Å². The molecule has 29 heavy (non-hydrogen) atoms. The van der Waals surface area contributed by atoms with Gasteiger partial charge in [0.15, 0.2) is 0 Å². The molecule has 0 aliphatic carbocycles. The van der Waals surface area contributed by atoms with E-state index in [-0.39, 0.29) is 11.8 Å². The van der Waals surface area contributed by atoms with Crippen molar-refractivity contribution in [2.75, 3.05) is 45.2 Å². The van der Waals surface area contributed by atoms with Gasteiger partial charge < -0.3 is 14.7 Å². The van der Waals surface area contributed by atoms with Crippen LogP contribution in [0.15, 0.2) is 52.3 Å². The first-order valence-corrected chi connectivity index (χ1v) is 10.7. The van der Waals surface area contributed by atoms with Crippen molar-refractivity contribution in [2.24, 2.45) is 0 Å². The van der Waals surface area contributed by atoms with Crippen LogP contribution in [-0.2, 0) is 4.79 Å². The second kappa shape index (κ2) is 8.22. The maximum absolute atomic E-state index is 12.9. The SMILES string of the molecule is CN1CCN(C(=O)c2ccc3c(c2)N(C)C(=O)C(=Cc2cccc(Cl)c2)S3)CC1. The van der Waals surface area contributed by atoms with Crippen molar-refractivity contribution in [2.45, 2.75) is 4.90 Å². The molecule has 1 fully saturated rings. The number of carbonyl (C=O) groups is 2. The molecule has 0 atom stereocenters. The Morgan fingerprint density at radius 2 is 1.83 bits per heavy atom. The molecule has 0 bridgehead atoms. The monoisotopic (exact) mass is 427 g/mol. The molecule has 7 heteroatoms. The summed E-state index contributed by atoms with van der Waals surface area (Å²) in [7, 11) is 3.81. The highest BCUT2D eigenvalue weighted by atomic mass is 35.5. The Morgan fingerprint density at radius 3 is 2.55 bits per heavy atom. The second-order valence-electron chi connectivity index (χ2n) is 7.31. The van der Waals surface area contributed by atoms with E-state index < -0.39 is 0 Å². The van der Waals surface area contributed by atoms with Gasteiger partial charge in [0.25, 0.3) is 11.8 Å². The van der Waals surface area contributed by atoms with Crippen molar-refractivity contribution in [1.29, 1.82) is 0 Å². The molecule has 2 amide bonds. The van der Waals surface area contributed by atoms with Crippen molar-refractivity contribution in [3.05, 3.63) is 63.5 Å². The molecule has 0 N–H and O–H groups in total. The molecule has 2 aromatic rings. The molecule has 2 aliphatic rings. The van der Waals surface area contributed by atoms with E-state index in [0.29, 0.717) is 15.5 Å². The Hall–Kier alpha value is -2.28. The van der Waals surface area contributed by atoms with Crippen molar-refractivity contribution >= 4 is 46.9 Å². The van der Waals surface area contributed by atoms with E-state index in [1.165, 1.54) is 11.8 Å². The van der Waals surface area contributed by atoms with Crippen molar-refractivity contribution < 1.29 is 9.59 Å². The molecule has 150 valence electrons. The van der Waals surface area contributed by atoms with Gasteiger partial charge in [-0.05, 0) is 49.0 Å². The molecule has 0 spiro atoms. The van der Waals surface area contributed by atoms with Gasteiger partial charge in [-0.25, -0.2) is 0 Å². The zero-order chi connectivity index (χ0) is 20.5. The summed E-state index contributed by atoms with van der Waals surface area (Å²) in [6, 6.07) is 13.0. The molecule has 1 saturated heterocycles. The molecule has 0 radical (unpaired) electrons. The Morgan fingerprint density at radius 1 is 1.07 bits per heavy atom. The van der Waals surface area contributed by atoms with Gasteiger partial charge in [-0.3, -0.25) is 9.59 Å². The summed E-state index contributed by atoms with van der Waals surface area (Å²) in [6.45, 7) is 3.20. The van der Waals surface area contributed by atoms with Crippen molar-refractivity contribution in [3.63, 3.8) is 0 Å². The molecule has 0 saturated carbocycles. The Kier molecular flexibility index (Phi) is 5.67. The first kappa shape index (κ1) is 20.0. The van der Waals surface area contributed by atoms with E-state index in [2.05, 4.69) is 11.9 Å². The lowest BCUT2D eigenvalue weighted by Gasteiger charge is -2.33. The van der Waals surface area contributed by atoms with Gasteiger partial charge in [0.05, 0.1) is 10.6 Å². The molecule has 5 nitrogen and oxygen atoms in total. The summed E-state index contributed by atoms with van der Waals surface area (Å²) >= 11 is 7.48. The van der Waals surface area contributed by atoms with Gasteiger partial charge in [0.2, 0.25) is 0 Å². The fourth-order valence-corrected chi connectivity index (χ4v) is 4.76. The lowest BCUT2D eigenvalue weighted by atomic mass is 10.1. The molecule has 0 aromatic heterocycles. The Bertz CT molecular complexity index is 999. The number of nitrogens with zero attached hydrogens (tertiary/aromatic N) is 3. The number of rotatable bonds is 2. The summed E-state index contributed by atoms with van der Waals surface area (Å²) in [5, 5.41) is 0.633. The molecular formula is C22H22ClN3O2S. The van der Waals surface area contributed by atoms with Crippen molar-refractivity contribution in [1.82, 2.24) is 9.80 Å². The second-order valence-corrected chi connectivity index (χ2v) is 8.83. The Balaban J connectivity index is 1.60. The van der Waals surface area contributed by atoms with E-state index in [1.807, 2.05) is 47.4 Å². The fraction of sp³-hybridized carbons (Fsp3) is 0.273. The number of carbonyl (C=O) groups excluding carboxylic acids is 2. The summed E-state index contributed by atoms with van der Waals surface area (Å²) < 4.78 is 0. The van der Waals surface area contributed by atoms with Crippen LogP contribution in [0.25, 0.3) is 6.08 Å². The molecule has 2 heterocycles. The van der Waals surface area contributed by atoms with Crippen molar-refractivity contribution in [3.8, 4) is 0 Å². The van der Waals surface area contributed by atoms with Gasteiger partial charge in [0, 0.05) is 48.7 Å². The number of anilines is 1. The van der Waals surface area contributed by atoms with Crippen LogP contribution >= 0.6 is 23.4 Å². The fourth-order valence-electron chi connectivity index (χ4n) is 3.47. The normalized spacial score (nSPS) is 18.9. The quantitative estimate of drug-likeness (QED) is 0.683. The van der Waals surface area contributed by atoms with E-state index in [9.17, 15) is 9.59 Å². The third-order valence-corrected chi connectivity index (χ3v) is 6.55. The minimum atomic E-state index is -0.0910. The lowest BCUT2D eigenvalue weighted by Crippen LogP contribution is -2.47. The van der Waals surface area contributed by atoms with Crippen LogP contribution in [0.3, 0.4) is 0 Å². The lowest BCUT2D eigenvalue weighted by molar-refractivity contribution is -0.114. The van der Waals surface area contributed by atoms with Crippen LogP contribution in [0.5, 0.6) is 0 Å². The van der Waals surface area contributed by atoms with Crippen LogP contribution in [0.2, 0.25) is 5.02 Å². The van der Waals surface area contributed by atoms with E-state index in [4.69, 9.17) is 11.6 Å². The number of halogens is 1. The molecule has 2 aliphatic heterocycles. The van der Waals surface area contributed by atoms with Crippen LogP contribution in [0, 0.1) is 0 Å². The molecular weight excluding hydrogens is 406 g/mol. The number of hydrogen-bond acceptors (Lipinski definition) is 4. The first-order chi connectivity index (χ1) is 13.9. The number of piperazine rings is 1. The van der Waals surface area contributed by atoms with Crippen LogP contribution in [0.4, 0.5) is 5.69 Å². The number of amides is 2. The summed E-state index contributed by atoms with van der Waals surface area (Å²) in [5.41, 5.74) is 2.27. The van der Waals surface area contributed by atoms with E-state index in [0.717, 1.165) is 42.3 Å². The van der Waals surface area contributed by atoms with Gasteiger partial charge in [0.1, 0.15) is 0 Å². The minimum Gasteiger partial charge on any atom is -0.336 e. The number of likely N-dealkylation sites (N-methyl/N-ethyl adjacent to an activating group) is 2. The smallest absolute Gasteiger partial charge is 0.264 e. The number of thioether (sulfide) groups is 1. The Labute approximate surface area is 179 Å². The maximum Gasteiger partial charge on any atom is 0.264 e. The number of benzene rings is 2. The number of hydrogen-bond donors (Lipinski definition) is 0. The number of fused-ring (bicyclic) bond motifs is 1. The van der Waals surface area contributed by atoms with Crippen LogP contribution < -0.4 is 4.90 Å². The van der Waals surface area contributed by atoms with E-state index >= 15 is 0 Å². The average Bonchev–Trinajstić information content (AvgIpc) is 2.72. The average molecular weight is 428 g/mol. The van der Waals surface area contributed by atoms with E-state index in [1.54, 1.807) is 18.0 Å². The minimum absolute atomic E-state index is 0.0204. The van der Waals surface area contributed by atoms with Gasteiger partial charge in [-0.15, -0.1) is 0 Å². The molecule has 2 aromatic carbocycles. The maximum atomic E-state index is 12.9. The van der Waals surface area contributed by atoms with Crippen LogP contribution in [0.1, 0.15) is 15.9 Å². The summed E-state index contributed by atoms with van der Waals surface area (Å²) in [4.78, 5) is 33.1. The largest absolute Gasteiger partial charge is 0.336 e. The predicted octanol–water partition coefficient (Wildman–Crippen LogP) is 3.84. The third kappa shape index (κ3) is 4.20. The first-order valence-electron chi connectivity index (χ1n) is 9.47.